The predicted octanol–water partition coefficient (Wildman–Crippen LogP) is 4.01. The Bertz CT molecular complexity index is 732. The Labute approximate surface area is 145 Å². The van der Waals surface area contributed by atoms with Crippen LogP contribution in [0.15, 0.2) is 57.9 Å². The van der Waals surface area contributed by atoms with Crippen molar-refractivity contribution in [3.8, 4) is 0 Å². The monoisotopic (exact) mass is 401 g/mol. The van der Waals surface area contributed by atoms with E-state index in [1.54, 1.807) is 24.3 Å². The Morgan fingerprint density at radius 3 is 2.45 bits per heavy atom. The Balaban J connectivity index is 1.95. The van der Waals surface area contributed by atoms with Gasteiger partial charge in [0.25, 0.3) is 0 Å². The van der Waals surface area contributed by atoms with Crippen LogP contribution in [0.2, 0.25) is 5.02 Å². The van der Waals surface area contributed by atoms with Gasteiger partial charge in [0, 0.05) is 22.6 Å². The van der Waals surface area contributed by atoms with Crippen molar-refractivity contribution in [3.63, 3.8) is 0 Å². The van der Waals surface area contributed by atoms with E-state index in [4.69, 9.17) is 11.6 Å². The van der Waals surface area contributed by atoms with Crippen LogP contribution in [0.1, 0.15) is 5.56 Å². The zero-order chi connectivity index (χ0) is 16.2. The van der Waals surface area contributed by atoms with Gasteiger partial charge in [-0.25, -0.2) is 8.42 Å². The molecule has 0 saturated carbocycles. The molecule has 0 N–H and O–H groups in total. The van der Waals surface area contributed by atoms with Gasteiger partial charge in [-0.15, -0.1) is 0 Å². The molecule has 3 nitrogen and oxygen atoms in total. The van der Waals surface area contributed by atoms with Crippen molar-refractivity contribution in [2.75, 3.05) is 19.3 Å². The van der Waals surface area contributed by atoms with Gasteiger partial charge >= 0.3 is 0 Å². The summed E-state index contributed by atoms with van der Waals surface area (Å²) < 4.78 is 25.4. The van der Waals surface area contributed by atoms with Crippen LogP contribution >= 0.6 is 27.5 Å². The third-order valence-electron chi connectivity index (χ3n) is 3.26. The van der Waals surface area contributed by atoms with Crippen molar-refractivity contribution in [3.05, 3.63) is 63.6 Å². The molecular formula is C16H17BrClNO2S. The molecule has 0 heterocycles. The fraction of sp³-hybridized carbons (Fsp3) is 0.250. The van der Waals surface area contributed by atoms with E-state index >= 15 is 0 Å². The van der Waals surface area contributed by atoms with E-state index in [-0.39, 0.29) is 5.75 Å². The number of halogens is 2. The van der Waals surface area contributed by atoms with Gasteiger partial charge in [0.05, 0.1) is 10.6 Å². The number of rotatable bonds is 6. The first kappa shape index (κ1) is 17.5. The van der Waals surface area contributed by atoms with Crippen LogP contribution in [0.25, 0.3) is 0 Å². The molecule has 0 unspecified atom stereocenters. The number of sulfone groups is 1. The van der Waals surface area contributed by atoms with Crippen LogP contribution in [0, 0.1) is 0 Å². The fourth-order valence-electron chi connectivity index (χ4n) is 2.06. The van der Waals surface area contributed by atoms with Crippen molar-refractivity contribution in [2.24, 2.45) is 0 Å². The Morgan fingerprint density at radius 2 is 1.82 bits per heavy atom. The highest BCUT2D eigenvalue weighted by molar-refractivity contribution is 9.10. The van der Waals surface area contributed by atoms with Crippen LogP contribution in [0.3, 0.4) is 0 Å². The average molecular weight is 403 g/mol. The summed E-state index contributed by atoms with van der Waals surface area (Å²) in [6, 6.07) is 14.3. The van der Waals surface area contributed by atoms with Gasteiger partial charge in [-0.3, -0.25) is 0 Å². The van der Waals surface area contributed by atoms with E-state index in [1.165, 1.54) is 0 Å². The number of benzene rings is 2. The van der Waals surface area contributed by atoms with E-state index in [0.717, 1.165) is 10.0 Å². The molecule has 0 amide bonds. The Kier molecular flexibility index (Phi) is 6.03. The van der Waals surface area contributed by atoms with E-state index < -0.39 is 9.84 Å². The minimum absolute atomic E-state index is 0.0890. The molecule has 0 aromatic heterocycles. The van der Waals surface area contributed by atoms with Gasteiger partial charge in [-0.1, -0.05) is 39.7 Å². The summed E-state index contributed by atoms with van der Waals surface area (Å²) in [5, 5.41) is 0.688. The van der Waals surface area contributed by atoms with Crippen LogP contribution in [-0.4, -0.2) is 32.7 Å². The maximum Gasteiger partial charge on any atom is 0.179 e. The lowest BCUT2D eigenvalue weighted by Gasteiger charge is -2.17. The van der Waals surface area contributed by atoms with Crippen molar-refractivity contribution in [1.82, 2.24) is 4.90 Å². The summed E-state index contributed by atoms with van der Waals surface area (Å²) in [6.45, 7) is 1.13. The average Bonchev–Trinajstić information content (AvgIpc) is 2.46. The second kappa shape index (κ2) is 7.59. The molecule has 0 spiro atoms. The Morgan fingerprint density at radius 1 is 1.14 bits per heavy atom. The molecule has 0 aliphatic heterocycles. The molecular weight excluding hydrogens is 386 g/mol. The molecule has 2 aromatic rings. The van der Waals surface area contributed by atoms with Gasteiger partial charge in [0.1, 0.15) is 0 Å². The van der Waals surface area contributed by atoms with E-state index in [9.17, 15) is 8.42 Å². The lowest BCUT2D eigenvalue weighted by molar-refractivity contribution is 0.346. The first-order valence-electron chi connectivity index (χ1n) is 6.78. The number of hydrogen-bond donors (Lipinski definition) is 0. The molecule has 2 rings (SSSR count). The number of nitrogens with zero attached hydrogens (tertiary/aromatic N) is 1. The highest BCUT2D eigenvalue weighted by Crippen LogP contribution is 2.16. The second-order valence-electron chi connectivity index (χ2n) is 5.14. The number of hydrogen-bond acceptors (Lipinski definition) is 3. The standard InChI is InChI=1S/C16H17BrClNO2S/c1-19(12-13-3-2-4-15(18)11-13)9-10-22(20,21)16-7-5-14(17)6-8-16/h2-8,11H,9-10,12H2,1H3. The van der Waals surface area contributed by atoms with E-state index in [2.05, 4.69) is 15.9 Å². The summed E-state index contributed by atoms with van der Waals surface area (Å²) in [4.78, 5) is 2.33. The highest BCUT2D eigenvalue weighted by Gasteiger charge is 2.15. The smallest absolute Gasteiger partial charge is 0.179 e. The third-order valence-corrected chi connectivity index (χ3v) is 5.73. The molecule has 0 radical (unpaired) electrons. The van der Waals surface area contributed by atoms with Gasteiger partial charge in [-0.05, 0) is 49.0 Å². The molecule has 0 aliphatic rings. The molecule has 0 saturated heterocycles. The summed E-state index contributed by atoms with van der Waals surface area (Å²) >= 11 is 9.26. The van der Waals surface area contributed by atoms with Crippen LogP contribution in [0.4, 0.5) is 0 Å². The fourth-order valence-corrected chi connectivity index (χ4v) is 3.88. The zero-order valence-electron chi connectivity index (χ0n) is 12.2. The van der Waals surface area contributed by atoms with Gasteiger partial charge in [0.15, 0.2) is 9.84 Å². The van der Waals surface area contributed by atoms with Crippen molar-refractivity contribution >= 4 is 37.4 Å². The van der Waals surface area contributed by atoms with Crippen molar-refractivity contribution in [2.45, 2.75) is 11.4 Å². The maximum atomic E-state index is 12.3. The third kappa shape index (κ3) is 5.09. The molecule has 0 fully saturated rings. The van der Waals surface area contributed by atoms with Crippen LogP contribution in [0.5, 0.6) is 0 Å². The molecule has 0 aliphatic carbocycles. The van der Waals surface area contributed by atoms with Gasteiger partial charge < -0.3 is 4.90 Å². The maximum absolute atomic E-state index is 12.3. The van der Waals surface area contributed by atoms with Crippen LogP contribution in [-0.2, 0) is 16.4 Å². The van der Waals surface area contributed by atoms with E-state index in [0.29, 0.717) is 23.0 Å². The van der Waals surface area contributed by atoms with E-state index in [1.807, 2.05) is 36.2 Å². The normalized spacial score (nSPS) is 11.8. The minimum Gasteiger partial charge on any atom is -0.301 e. The Hall–Kier alpha value is -0.880. The van der Waals surface area contributed by atoms with Gasteiger partial charge in [-0.2, -0.15) is 0 Å². The highest BCUT2D eigenvalue weighted by atomic mass is 79.9. The molecule has 0 bridgehead atoms. The second-order valence-corrected chi connectivity index (χ2v) is 8.60. The first-order chi connectivity index (χ1) is 10.4. The quantitative estimate of drug-likeness (QED) is 0.732. The minimum atomic E-state index is -3.26. The lowest BCUT2D eigenvalue weighted by atomic mass is 10.2. The molecule has 118 valence electrons. The summed E-state index contributed by atoms with van der Waals surface area (Å²) in [5.41, 5.74) is 1.07. The molecule has 22 heavy (non-hydrogen) atoms. The SMILES string of the molecule is CN(CCS(=O)(=O)c1ccc(Br)cc1)Cc1cccc(Cl)c1. The largest absolute Gasteiger partial charge is 0.301 e. The van der Waals surface area contributed by atoms with Crippen molar-refractivity contribution in [1.29, 1.82) is 0 Å². The summed E-state index contributed by atoms with van der Waals surface area (Å²) in [6.07, 6.45) is 0. The van der Waals surface area contributed by atoms with Crippen LogP contribution < -0.4 is 0 Å². The zero-order valence-corrected chi connectivity index (χ0v) is 15.3. The van der Waals surface area contributed by atoms with Crippen molar-refractivity contribution < 1.29 is 8.42 Å². The topological polar surface area (TPSA) is 37.4 Å². The molecule has 0 atom stereocenters. The summed E-state index contributed by atoms with van der Waals surface area (Å²) in [7, 11) is -1.36. The summed E-state index contributed by atoms with van der Waals surface area (Å²) in [5.74, 6) is 0.0890. The predicted molar refractivity (Wildman–Crippen MR) is 94.0 cm³/mol. The first-order valence-corrected chi connectivity index (χ1v) is 9.60. The molecule has 2 aromatic carbocycles. The lowest BCUT2D eigenvalue weighted by Crippen LogP contribution is -2.25. The molecule has 6 heteroatoms. The van der Waals surface area contributed by atoms with Gasteiger partial charge in [0.2, 0.25) is 0 Å².